The summed E-state index contributed by atoms with van der Waals surface area (Å²) in [5.74, 6) is -3.64. The summed E-state index contributed by atoms with van der Waals surface area (Å²) in [5, 5.41) is 0. The molecule has 0 N–H and O–H groups in total. The van der Waals surface area contributed by atoms with Gasteiger partial charge in [-0.25, -0.2) is 13.6 Å². The molecule has 3 aliphatic heterocycles. The van der Waals surface area contributed by atoms with E-state index < -0.39 is 53.1 Å². The Kier molecular flexibility index (Phi) is 6.36. The Morgan fingerprint density at radius 3 is 2.33 bits per heavy atom. The topological polar surface area (TPSA) is 95.9 Å². The van der Waals surface area contributed by atoms with Crippen LogP contribution < -0.4 is 4.90 Å². The summed E-state index contributed by atoms with van der Waals surface area (Å²) in [7, 11) is 0. The number of morpholine rings is 1. The normalized spacial score (nSPS) is 25.3. The molecule has 9 nitrogen and oxygen atoms in total. The number of nitrogens with zero attached hydrogens (tertiary/aromatic N) is 5. The second kappa shape index (κ2) is 9.10. The van der Waals surface area contributed by atoms with E-state index in [1.165, 1.54) is 24.7 Å². The Morgan fingerprint density at radius 2 is 1.75 bits per heavy atom. The smallest absolute Gasteiger partial charge is 0.334 e. The highest BCUT2D eigenvalue weighted by Gasteiger charge is 2.66. The number of carbonyl (C=O) groups is 3. The Balaban J connectivity index is 1.79. The first kappa shape index (κ1) is 25.2. The standard InChI is InChI=1S/C23H21Br2F2N5O4/c1-11-8-30-18-13(5-14(16(26)17(18)27)15-7-28-3-4-29-15)6-23(19(30)12(2)36-11)20(33)31(9-24)22(35)32(10-25)21(23)34/h3-5,7,11-12,19H,6,8-10H2,1-2H3. The molecule has 0 radical (unpaired) electrons. The van der Waals surface area contributed by atoms with Crippen molar-refractivity contribution in [2.45, 2.75) is 38.5 Å². The van der Waals surface area contributed by atoms with Crippen LogP contribution in [0.15, 0.2) is 24.7 Å². The van der Waals surface area contributed by atoms with Crippen molar-refractivity contribution >= 4 is 55.4 Å². The number of hydrogen-bond acceptors (Lipinski definition) is 7. The molecule has 2 aromatic rings. The van der Waals surface area contributed by atoms with Crippen molar-refractivity contribution in [2.24, 2.45) is 5.41 Å². The molecule has 190 valence electrons. The SMILES string of the molecule is CC1CN2c3c(cc(-c4cnccn4)c(F)c3F)CC3(C(=O)N(CBr)C(=O)N(CBr)C3=O)C2C(C)O1. The molecule has 4 amide bonds. The average molecular weight is 629 g/mol. The van der Waals surface area contributed by atoms with Crippen LogP contribution in [0.25, 0.3) is 11.3 Å². The van der Waals surface area contributed by atoms with Gasteiger partial charge in [0.2, 0.25) is 11.8 Å². The van der Waals surface area contributed by atoms with Crippen LogP contribution in [0.3, 0.4) is 0 Å². The van der Waals surface area contributed by atoms with Crippen molar-refractivity contribution in [3.05, 3.63) is 41.9 Å². The molecule has 3 atom stereocenters. The molecule has 4 heterocycles. The second-order valence-corrected chi connectivity index (χ2v) is 10.0. The van der Waals surface area contributed by atoms with Gasteiger partial charge in [0.25, 0.3) is 0 Å². The van der Waals surface area contributed by atoms with E-state index in [0.29, 0.717) is 0 Å². The van der Waals surface area contributed by atoms with Gasteiger partial charge in [-0.1, -0.05) is 31.9 Å². The lowest BCUT2D eigenvalue weighted by atomic mass is 9.65. The molecule has 1 aromatic carbocycles. The van der Waals surface area contributed by atoms with Crippen molar-refractivity contribution in [2.75, 3.05) is 22.4 Å². The number of carbonyl (C=O) groups excluding carboxylic acids is 3. The lowest BCUT2D eigenvalue weighted by Crippen LogP contribution is -2.76. The molecular weight excluding hydrogens is 608 g/mol. The summed E-state index contributed by atoms with van der Waals surface area (Å²) in [6.45, 7) is 3.58. The van der Waals surface area contributed by atoms with E-state index in [0.717, 1.165) is 9.80 Å². The predicted octanol–water partition coefficient (Wildman–Crippen LogP) is 3.44. The first-order valence-corrected chi connectivity index (χ1v) is 13.4. The number of hydrogen-bond donors (Lipinski definition) is 0. The van der Waals surface area contributed by atoms with Gasteiger partial charge < -0.3 is 9.64 Å². The van der Waals surface area contributed by atoms with Crippen LogP contribution in [-0.2, 0) is 20.7 Å². The Hall–Kier alpha value is -2.51. The lowest BCUT2D eigenvalue weighted by Gasteiger charge is -2.57. The second-order valence-electron chi connectivity index (χ2n) is 9.04. The maximum Gasteiger partial charge on any atom is 0.334 e. The Morgan fingerprint density at radius 1 is 1.08 bits per heavy atom. The van der Waals surface area contributed by atoms with Crippen LogP contribution in [0.2, 0.25) is 0 Å². The average Bonchev–Trinajstić information content (AvgIpc) is 2.85. The minimum Gasteiger partial charge on any atom is -0.372 e. The van der Waals surface area contributed by atoms with Crippen LogP contribution >= 0.6 is 31.9 Å². The highest BCUT2D eigenvalue weighted by Crippen LogP contribution is 2.51. The number of alkyl halides is 2. The molecule has 5 rings (SSSR count). The summed E-state index contributed by atoms with van der Waals surface area (Å²) < 4.78 is 37.2. The van der Waals surface area contributed by atoms with Crippen molar-refractivity contribution < 1.29 is 27.9 Å². The number of barbiturate groups is 1. The molecule has 1 spiro atoms. The van der Waals surface area contributed by atoms with Gasteiger partial charge in [-0.2, -0.15) is 0 Å². The maximum absolute atomic E-state index is 15.8. The van der Waals surface area contributed by atoms with Gasteiger partial charge in [0.05, 0.1) is 46.7 Å². The van der Waals surface area contributed by atoms with E-state index in [1.54, 1.807) is 18.7 Å². The van der Waals surface area contributed by atoms with Crippen LogP contribution in [0.1, 0.15) is 19.4 Å². The predicted molar refractivity (Wildman–Crippen MR) is 131 cm³/mol. The first-order chi connectivity index (χ1) is 17.2. The molecule has 0 bridgehead atoms. The van der Waals surface area contributed by atoms with E-state index >= 15 is 8.78 Å². The minimum absolute atomic E-state index is 0.0222. The lowest BCUT2D eigenvalue weighted by molar-refractivity contribution is -0.166. The number of benzene rings is 1. The van der Waals surface area contributed by atoms with E-state index in [9.17, 15) is 14.4 Å². The quantitative estimate of drug-likeness (QED) is 0.292. The largest absolute Gasteiger partial charge is 0.372 e. The monoisotopic (exact) mass is 627 g/mol. The molecule has 36 heavy (non-hydrogen) atoms. The fourth-order valence-corrected chi connectivity index (χ4v) is 6.56. The Labute approximate surface area is 222 Å². The third-order valence-electron chi connectivity index (χ3n) is 7.00. The number of amides is 4. The van der Waals surface area contributed by atoms with E-state index in [4.69, 9.17) is 4.74 Å². The van der Waals surface area contributed by atoms with E-state index in [-0.39, 0.29) is 46.4 Å². The summed E-state index contributed by atoms with van der Waals surface area (Å²) in [6.07, 6.45) is 2.71. The van der Waals surface area contributed by atoms with Gasteiger partial charge in [-0.3, -0.25) is 29.4 Å². The first-order valence-electron chi connectivity index (χ1n) is 11.2. The summed E-state index contributed by atoms with van der Waals surface area (Å²) >= 11 is 6.37. The van der Waals surface area contributed by atoms with Crippen molar-refractivity contribution in [1.29, 1.82) is 0 Å². The number of urea groups is 1. The molecule has 2 fully saturated rings. The highest BCUT2D eigenvalue weighted by atomic mass is 79.9. The highest BCUT2D eigenvalue weighted by molar-refractivity contribution is 9.09. The molecule has 0 aliphatic carbocycles. The van der Waals surface area contributed by atoms with Gasteiger partial charge in [-0.15, -0.1) is 0 Å². The third kappa shape index (κ3) is 3.42. The number of rotatable bonds is 3. The van der Waals surface area contributed by atoms with Gasteiger partial charge in [0.15, 0.2) is 17.0 Å². The minimum atomic E-state index is -1.81. The maximum atomic E-state index is 15.8. The van der Waals surface area contributed by atoms with Crippen molar-refractivity contribution in [1.82, 2.24) is 19.8 Å². The van der Waals surface area contributed by atoms with Crippen LogP contribution in [0.4, 0.5) is 19.3 Å². The fraction of sp³-hybridized carbons (Fsp3) is 0.435. The van der Waals surface area contributed by atoms with Crippen LogP contribution in [-0.4, -0.2) is 73.3 Å². The van der Waals surface area contributed by atoms with Gasteiger partial charge >= 0.3 is 6.03 Å². The van der Waals surface area contributed by atoms with Crippen molar-refractivity contribution in [3.63, 3.8) is 0 Å². The summed E-state index contributed by atoms with van der Waals surface area (Å²) in [5.41, 5.74) is -1.89. The zero-order valence-electron chi connectivity index (χ0n) is 19.3. The van der Waals surface area contributed by atoms with Crippen LogP contribution in [0.5, 0.6) is 0 Å². The van der Waals surface area contributed by atoms with E-state index in [2.05, 4.69) is 41.8 Å². The zero-order chi connectivity index (χ0) is 25.9. The van der Waals surface area contributed by atoms with Crippen molar-refractivity contribution in [3.8, 4) is 11.3 Å². The third-order valence-corrected chi connectivity index (χ3v) is 8.00. The molecule has 0 saturated carbocycles. The summed E-state index contributed by atoms with van der Waals surface area (Å²) in [4.78, 5) is 52.3. The number of halogens is 4. The molecule has 2 saturated heterocycles. The van der Waals surface area contributed by atoms with Gasteiger partial charge in [0.1, 0.15) is 0 Å². The molecule has 1 aromatic heterocycles. The van der Waals surface area contributed by atoms with Gasteiger partial charge in [0, 0.05) is 30.9 Å². The molecule has 3 unspecified atom stereocenters. The summed E-state index contributed by atoms with van der Waals surface area (Å²) in [6, 6.07) is -0.340. The fourth-order valence-electron chi connectivity index (χ4n) is 5.68. The molecule has 3 aliphatic rings. The number of ether oxygens (including phenoxy) is 1. The molecular formula is C23H21Br2F2N5O4. The number of aromatic nitrogens is 2. The van der Waals surface area contributed by atoms with Gasteiger partial charge in [-0.05, 0) is 25.5 Å². The van der Waals surface area contributed by atoms with Crippen LogP contribution in [0, 0.1) is 17.0 Å². The number of fused-ring (bicyclic) bond motifs is 4. The zero-order valence-corrected chi connectivity index (χ0v) is 22.4. The van der Waals surface area contributed by atoms with E-state index in [1.807, 2.05) is 0 Å². The number of imide groups is 2. The number of anilines is 1. The molecule has 13 heteroatoms. The Bertz CT molecular complexity index is 1240.